The lowest BCUT2D eigenvalue weighted by Crippen LogP contribution is -2.36. The smallest absolute Gasteiger partial charge is 0.231 e. The van der Waals surface area contributed by atoms with Crippen molar-refractivity contribution >= 4 is 32.1 Å². The quantitative estimate of drug-likeness (QED) is 0.892. The second-order valence-electron chi connectivity index (χ2n) is 6.08. The molecule has 23 heavy (non-hydrogen) atoms. The molecule has 0 aliphatic heterocycles. The Morgan fingerprint density at radius 1 is 1.39 bits per heavy atom. The Hall–Kier alpha value is -1.80. The van der Waals surface area contributed by atoms with Crippen LogP contribution in [0.4, 0.5) is 5.00 Å². The van der Waals surface area contributed by atoms with E-state index in [1.54, 1.807) is 33.2 Å². The number of hydrogen-bond acceptors (Lipinski definition) is 6. The van der Waals surface area contributed by atoms with Crippen molar-refractivity contribution in [1.82, 2.24) is 9.97 Å². The Bertz CT molecular complexity index is 812. The molecule has 1 amide bonds. The van der Waals surface area contributed by atoms with Gasteiger partial charge in [-0.15, -0.1) is 0 Å². The number of anilines is 1. The number of carbonyl (C=O) groups is 1. The summed E-state index contributed by atoms with van der Waals surface area (Å²) in [5, 5.41) is 4.17. The van der Waals surface area contributed by atoms with Crippen LogP contribution in [-0.4, -0.2) is 36.3 Å². The molecular weight excluding hydrogens is 334 g/mol. The third-order valence-corrected chi connectivity index (χ3v) is 5.54. The summed E-state index contributed by atoms with van der Waals surface area (Å²) in [6.45, 7) is 5.03. The normalized spacial score (nSPS) is 12.2. The summed E-state index contributed by atoms with van der Waals surface area (Å²) in [7, 11) is -3.25. The van der Waals surface area contributed by atoms with Crippen molar-refractivity contribution in [2.75, 3.05) is 17.3 Å². The van der Waals surface area contributed by atoms with Crippen LogP contribution in [0.15, 0.2) is 24.5 Å². The van der Waals surface area contributed by atoms with Gasteiger partial charge in [-0.05, 0) is 19.1 Å². The van der Waals surface area contributed by atoms with Crippen molar-refractivity contribution in [1.29, 1.82) is 0 Å². The first-order valence-electron chi connectivity index (χ1n) is 6.95. The molecule has 0 radical (unpaired) electrons. The highest BCUT2D eigenvalue weighted by atomic mass is 32.2. The molecule has 2 rings (SSSR count). The largest absolute Gasteiger partial charge is 0.316 e. The Balaban J connectivity index is 2.21. The molecule has 124 valence electrons. The molecule has 0 fully saturated rings. The maximum Gasteiger partial charge on any atom is 0.231 e. The van der Waals surface area contributed by atoms with E-state index in [0.717, 1.165) is 16.8 Å². The first kappa shape index (κ1) is 17.6. The number of carbonyl (C=O) groups excluding carboxylic acids is 1. The van der Waals surface area contributed by atoms with Gasteiger partial charge in [0.05, 0.1) is 16.9 Å². The number of nitrogens with zero attached hydrogens (tertiary/aromatic N) is 2. The van der Waals surface area contributed by atoms with Crippen LogP contribution in [0.3, 0.4) is 0 Å². The summed E-state index contributed by atoms with van der Waals surface area (Å²) in [4.78, 5) is 20.9. The molecule has 0 atom stereocenters. The Labute approximate surface area is 139 Å². The van der Waals surface area contributed by atoms with Gasteiger partial charge >= 0.3 is 0 Å². The molecule has 0 saturated heterocycles. The molecule has 0 aliphatic rings. The second kappa shape index (κ2) is 6.37. The van der Waals surface area contributed by atoms with Crippen LogP contribution in [-0.2, 0) is 14.6 Å². The van der Waals surface area contributed by atoms with Crippen molar-refractivity contribution in [3.63, 3.8) is 0 Å². The fourth-order valence-electron chi connectivity index (χ4n) is 2.12. The van der Waals surface area contributed by atoms with Crippen LogP contribution in [0.25, 0.3) is 10.6 Å². The van der Waals surface area contributed by atoms with Crippen molar-refractivity contribution in [2.45, 2.75) is 20.8 Å². The lowest BCUT2D eigenvalue weighted by Gasteiger charge is -2.22. The van der Waals surface area contributed by atoms with E-state index in [-0.39, 0.29) is 11.7 Å². The maximum absolute atomic E-state index is 12.4. The van der Waals surface area contributed by atoms with Gasteiger partial charge in [0, 0.05) is 24.2 Å². The first-order chi connectivity index (χ1) is 10.6. The van der Waals surface area contributed by atoms with Crippen molar-refractivity contribution < 1.29 is 13.2 Å². The minimum Gasteiger partial charge on any atom is -0.316 e. The average Bonchev–Trinajstić information content (AvgIpc) is 2.78. The van der Waals surface area contributed by atoms with Gasteiger partial charge in [0.25, 0.3) is 0 Å². The highest BCUT2D eigenvalue weighted by molar-refractivity contribution is 7.90. The third kappa shape index (κ3) is 4.59. The number of pyridine rings is 1. The number of aromatic nitrogens is 2. The van der Waals surface area contributed by atoms with Gasteiger partial charge in [-0.2, -0.15) is 0 Å². The van der Waals surface area contributed by atoms with Gasteiger partial charge in [-0.3, -0.25) is 9.78 Å². The molecule has 8 heteroatoms. The van der Waals surface area contributed by atoms with E-state index in [1.165, 1.54) is 11.3 Å². The molecule has 0 saturated carbocycles. The molecule has 2 aromatic heterocycles. The summed E-state index contributed by atoms with van der Waals surface area (Å²) >= 11 is 1.34. The van der Waals surface area contributed by atoms with E-state index in [2.05, 4.69) is 15.3 Å². The highest BCUT2D eigenvalue weighted by Crippen LogP contribution is 2.32. The monoisotopic (exact) mass is 353 g/mol. The van der Waals surface area contributed by atoms with E-state index in [1.807, 2.05) is 12.1 Å². The van der Waals surface area contributed by atoms with Gasteiger partial charge < -0.3 is 5.32 Å². The van der Waals surface area contributed by atoms with E-state index in [9.17, 15) is 13.2 Å². The summed E-state index contributed by atoms with van der Waals surface area (Å²) < 4.78 is 22.9. The first-order valence-corrected chi connectivity index (χ1v) is 9.83. The van der Waals surface area contributed by atoms with Crippen LogP contribution in [0.1, 0.15) is 19.5 Å². The summed E-state index contributed by atoms with van der Waals surface area (Å²) in [5.41, 5.74) is 0.548. The molecule has 0 aromatic carbocycles. The summed E-state index contributed by atoms with van der Waals surface area (Å²) in [6.07, 6.45) is 4.51. The van der Waals surface area contributed by atoms with Crippen LogP contribution in [0, 0.1) is 12.3 Å². The second-order valence-corrected chi connectivity index (χ2v) is 9.22. The molecule has 1 N–H and O–H groups in total. The minimum absolute atomic E-state index is 0.209. The van der Waals surface area contributed by atoms with E-state index < -0.39 is 15.3 Å². The van der Waals surface area contributed by atoms with Gasteiger partial charge in [0.15, 0.2) is 0 Å². The molecule has 0 spiro atoms. The van der Waals surface area contributed by atoms with Crippen molar-refractivity contribution in [3.05, 3.63) is 30.2 Å². The number of aryl methyl sites for hydroxylation is 1. The van der Waals surface area contributed by atoms with Crippen LogP contribution < -0.4 is 5.32 Å². The third-order valence-electron chi connectivity index (χ3n) is 3.17. The lowest BCUT2D eigenvalue weighted by molar-refractivity contribution is -0.122. The maximum atomic E-state index is 12.4. The van der Waals surface area contributed by atoms with Crippen LogP contribution >= 0.6 is 11.3 Å². The predicted molar refractivity (Wildman–Crippen MR) is 92.2 cm³/mol. The zero-order valence-corrected chi connectivity index (χ0v) is 15.1. The SMILES string of the molecule is Cc1nc(-c2cccnc2)sc1NC(=O)C(C)(C)CS(C)(=O)=O. The Morgan fingerprint density at radius 2 is 2.09 bits per heavy atom. The molecule has 0 aliphatic carbocycles. The van der Waals surface area contributed by atoms with Gasteiger partial charge in [-0.25, -0.2) is 13.4 Å². The molecule has 2 aromatic rings. The van der Waals surface area contributed by atoms with Crippen LogP contribution in [0.2, 0.25) is 0 Å². The average molecular weight is 353 g/mol. The fraction of sp³-hybridized carbons (Fsp3) is 0.400. The van der Waals surface area contributed by atoms with Gasteiger partial charge in [0.1, 0.15) is 19.8 Å². The number of nitrogens with one attached hydrogen (secondary N) is 1. The molecular formula is C15H19N3O3S2. The molecule has 2 heterocycles. The Kier molecular flexibility index (Phi) is 4.86. The Morgan fingerprint density at radius 3 is 2.65 bits per heavy atom. The number of thiazole rings is 1. The topological polar surface area (TPSA) is 89.0 Å². The van der Waals surface area contributed by atoms with Crippen LogP contribution in [0.5, 0.6) is 0 Å². The number of hydrogen-bond donors (Lipinski definition) is 1. The minimum atomic E-state index is -3.25. The lowest BCUT2D eigenvalue weighted by atomic mass is 9.95. The summed E-state index contributed by atoms with van der Waals surface area (Å²) in [5.74, 6) is -0.550. The fourth-order valence-corrected chi connectivity index (χ4v) is 4.51. The van der Waals surface area contributed by atoms with Crippen molar-refractivity contribution in [3.8, 4) is 10.6 Å². The number of sulfone groups is 1. The molecule has 0 bridgehead atoms. The van der Waals surface area contributed by atoms with Gasteiger partial charge in [-0.1, -0.05) is 25.2 Å². The predicted octanol–water partition coefficient (Wildman–Crippen LogP) is 2.52. The number of amides is 1. The number of rotatable bonds is 5. The van der Waals surface area contributed by atoms with E-state index in [0.29, 0.717) is 10.7 Å². The molecule has 6 nitrogen and oxygen atoms in total. The van der Waals surface area contributed by atoms with E-state index >= 15 is 0 Å². The molecule has 0 unspecified atom stereocenters. The van der Waals surface area contributed by atoms with Crippen molar-refractivity contribution in [2.24, 2.45) is 5.41 Å². The zero-order valence-electron chi connectivity index (χ0n) is 13.5. The highest BCUT2D eigenvalue weighted by Gasteiger charge is 2.32. The van der Waals surface area contributed by atoms with Gasteiger partial charge in [0.2, 0.25) is 5.91 Å². The van der Waals surface area contributed by atoms with E-state index in [4.69, 9.17) is 0 Å². The zero-order chi connectivity index (χ0) is 17.3. The summed E-state index contributed by atoms with van der Waals surface area (Å²) in [6, 6.07) is 3.71. The standard InChI is InChI=1S/C15H19N3O3S2/c1-10-12(18-14(19)15(2,3)9-23(4,20)21)22-13(17-10)11-6-5-7-16-8-11/h5-8H,9H2,1-4H3,(H,18,19).